The summed E-state index contributed by atoms with van der Waals surface area (Å²) >= 11 is 0. The molecular formula is C15H28N2O. The van der Waals surface area contributed by atoms with Crippen molar-refractivity contribution in [1.82, 2.24) is 10.6 Å². The maximum Gasteiger partial charge on any atom is 0.226 e. The minimum Gasteiger partial charge on any atom is -0.355 e. The van der Waals surface area contributed by atoms with E-state index in [4.69, 9.17) is 0 Å². The Morgan fingerprint density at radius 3 is 2.67 bits per heavy atom. The lowest BCUT2D eigenvalue weighted by Crippen LogP contribution is -2.48. The van der Waals surface area contributed by atoms with Gasteiger partial charge in [0.05, 0.1) is 0 Å². The van der Waals surface area contributed by atoms with Gasteiger partial charge < -0.3 is 10.6 Å². The lowest BCUT2D eigenvalue weighted by molar-refractivity contribution is -0.132. The number of rotatable bonds is 5. The van der Waals surface area contributed by atoms with E-state index in [0.29, 0.717) is 11.3 Å². The molecule has 2 fully saturated rings. The Labute approximate surface area is 111 Å². The fourth-order valence-corrected chi connectivity index (χ4v) is 2.98. The zero-order chi connectivity index (χ0) is 13.2. The van der Waals surface area contributed by atoms with Crippen molar-refractivity contribution in [3.63, 3.8) is 0 Å². The van der Waals surface area contributed by atoms with Gasteiger partial charge in [-0.1, -0.05) is 20.8 Å². The minimum atomic E-state index is -0.239. The van der Waals surface area contributed by atoms with Gasteiger partial charge in [0.1, 0.15) is 0 Å². The summed E-state index contributed by atoms with van der Waals surface area (Å²) in [5, 5.41) is 6.62. The zero-order valence-electron chi connectivity index (χ0n) is 12.1. The van der Waals surface area contributed by atoms with Crippen LogP contribution in [0.25, 0.3) is 0 Å². The lowest BCUT2D eigenvalue weighted by Gasteiger charge is -2.36. The van der Waals surface area contributed by atoms with Crippen molar-refractivity contribution in [3.8, 4) is 0 Å². The van der Waals surface area contributed by atoms with Crippen LogP contribution in [-0.2, 0) is 4.79 Å². The standard InChI is InChI=1S/C15H28N2O/c1-4-15(7-8-15)11-17-13(18)14(2,3)12-6-5-9-16-10-12/h12,16H,4-11H2,1-3H3,(H,17,18). The molecule has 2 aliphatic rings. The molecule has 1 unspecified atom stereocenters. The molecular weight excluding hydrogens is 224 g/mol. The topological polar surface area (TPSA) is 41.1 Å². The Kier molecular flexibility index (Phi) is 4.00. The highest BCUT2D eigenvalue weighted by atomic mass is 16.2. The molecule has 0 aromatic heterocycles. The molecule has 1 aliphatic heterocycles. The fraction of sp³-hybridized carbons (Fsp3) is 0.933. The first kappa shape index (κ1) is 13.9. The second kappa shape index (κ2) is 5.20. The van der Waals surface area contributed by atoms with Gasteiger partial charge >= 0.3 is 0 Å². The van der Waals surface area contributed by atoms with E-state index in [-0.39, 0.29) is 11.3 Å². The summed E-state index contributed by atoms with van der Waals surface area (Å²) in [5.74, 6) is 0.721. The number of carbonyl (C=O) groups excluding carboxylic acids is 1. The van der Waals surface area contributed by atoms with Gasteiger partial charge in [-0.05, 0) is 56.5 Å². The normalized spacial score (nSPS) is 26.7. The predicted molar refractivity (Wildman–Crippen MR) is 74.3 cm³/mol. The SMILES string of the molecule is CCC1(CNC(=O)C(C)(C)C2CCCNC2)CC1. The quantitative estimate of drug-likeness (QED) is 0.788. The molecule has 2 rings (SSSR count). The third kappa shape index (κ3) is 2.87. The summed E-state index contributed by atoms with van der Waals surface area (Å²) in [5.41, 5.74) is 0.202. The molecule has 18 heavy (non-hydrogen) atoms. The molecule has 1 atom stereocenters. The number of piperidine rings is 1. The first-order valence-electron chi connectivity index (χ1n) is 7.49. The van der Waals surface area contributed by atoms with E-state index in [1.807, 2.05) is 0 Å². The monoisotopic (exact) mass is 252 g/mol. The van der Waals surface area contributed by atoms with Crippen LogP contribution >= 0.6 is 0 Å². The van der Waals surface area contributed by atoms with Gasteiger partial charge in [-0.15, -0.1) is 0 Å². The molecule has 1 amide bonds. The minimum absolute atomic E-state index is 0.239. The van der Waals surface area contributed by atoms with Crippen molar-refractivity contribution >= 4 is 5.91 Å². The molecule has 1 saturated heterocycles. The Balaban J connectivity index is 1.86. The van der Waals surface area contributed by atoms with Gasteiger partial charge in [-0.2, -0.15) is 0 Å². The highest BCUT2D eigenvalue weighted by Gasteiger charge is 2.43. The van der Waals surface area contributed by atoms with E-state index in [2.05, 4.69) is 31.4 Å². The van der Waals surface area contributed by atoms with Crippen LogP contribution < -0.4 is 10.6 Å². The molecule has 0 aromatic carbocycles. The Hall–Kier alpha value is -0.570. The van der Waals surface area contributed by atoms with Gasteiger partial charge in [0.25, 0.3) is 0 Å². The molecule has 2 N–H and O–H groups in total. The molecule has 0 aromatic rings. The van der Waals surface area contributed by atoms with E-state index in [1.54, 1.807) is 0 Å². The van der Waals surface area contributed by atoms with Crippen LogP contribution in [-0.4, -0.2) is 25.5 Å². The van der Waals surface area contributed by atoms with E-state index in [1.165, 1.54) is 32.1 Å². The Morgan fingerprint density at radius 1 is 1.44 bits per heavy atom. The average molecular weight is 252 g/mol. The van der Waals surface area contributed by atoms with Crippen LogP contribution in [0.4, 0.5) is 0 Å². The van der Waals surface area contributed by atoms with E-state index < -0.39 is 0 Å². The number of hydrogen-bond acceptors (Lipinski definition) is 2. The molecule has 1 heterocycles. The molecule has 3 nitrogen and oxygen atoms in total. The van der Waals surface area contributed by atoms with Gasteiger partial charge in [-0.25, -0.2) is 0 Å². The van der Waals surface area contributed by atoms with Gasteiger partial charge in [0, 0.05) is 12.0 Å². The van der Waals surface area contributed by atoms with Crippen molar-refractivity contribution < 1.29 is 4.79 Å². The van der Waals surface area contributed by atoms with Crippen LogP contribution in [0.2, 0.25) is 0 Å². The average Bonchev–Trinajstić information content (AvgIpc) is 3.17. The van der Waals surface area contributed by atoms with Crippen LogP contribution in [0.1, 0.15) is 52.9 Å². The summed E-state index contributed by atoms with van der Waals surface area (Å²) < 4.78 is 0. The summed E-state index contributed by atoms with van der Waals surface area (Å²) in [4.78, 5) is 12.4. The molecule has 0 radical (unpaired) electrons. The van der Waals surface area contributed by atoms with Crippen molar-refractivity contribution in [2.75, 3.05) is 19.6 Å². The molecule has 1 aliphatic carbocycles. The Bertz CT molecular complexity index is 302. The summed E-state index contributed by atoms with van der Waals surface area (Å²) in [6, 6.07) is 0. The number of amides is 1. The van der Waals surface area contributed by atoms with Crippen LogP contribution in [0.15, 0.2) is 0 Å². The molecule has 3 heteroatoms. The number of nitrogens with one attached hydrogen (secondary N) is 2. The highest BCUT2D eigenvalue weighted by Crippen LogP contribution is 2.48. The number of hydrogen-bond donors (Lipinski definition) is 2. The van der Waals surface area contributed by atoms with Crippen molar-refractivity contribution in [3.05, 3.63) is 0 Å². The van der Waals surface area contributed by atoms with Crippen molar-refractivity contribution in [1.29, 1.82) is 0 Å². The van der Waals surface area contributed by atoms with Crippen LogP contribution in [0.5, 0.6) is 0 Å². The first-order valence-corrected chi connectivity index (χ1v) is 7.49. The maximum atomic E-state index is 12.4. The molecule has 1 saturated carbocycles. The van der Waals surface area contributed by atoms with Crippen molar-refractivity contribution in [2.24, 2.45) is 16.7 Å². The zero-order valence-corrected chi connectivity index (χ0v) is 12.1. The fourth-order valence-electron chi connectivity index (χ4n) is 2.98. The van der Waals surface area contributed by atoms with Gasteiger partial charge in [0.2, 0.25) is 5.91 Å². The second-order valence-electron chi connectivity index (χ2n) is 6.80. The van der Waals surface area contributed by atoms with Crippen LogP contribution in [0.3, 0.4) is 0 Å². The molecule has 104 valence electrons. The second-order valence-corrected chi connectivity index (χ2v) is 6.80. The van der Waals surface area contributed by atoms with E-state index in [0.717, 1.165) is 19.6 Å². The van der Waals surface area contributed by atoms with Gasteiger partial charge in [0.15, 0.2) is 0 Å². The lowest BCUT2D eigenvalue weighted by atomic mass is 9.74. The summed E-state index contributed by atoms with van der Waals surface area (Å²) in [7, 11) is 0. The maximum absolute atomic E-state index is 12.4. The Morgan fingerprint density at radius 2 is 2.17 bits per heavy atom. The highest BCUT2D eigenvalue weighted by molar-refractivity contribution is 5.82. The number of carbonyl (C=O) groups is 1. The summed E-state index contributed by atoms with van der Waals surface area (Å²) in [6.45, 7) is 9.41. The van der Waals surface area contributed by atoms with E-state index in [9.17, 15) is 4.79 Å². The smallest absolute Gasteiger partial charge is 0.226 e. The summed E-state index contributed by atoms with van der Waals surface area (Å²) in [6.07, 6.45) is 6.13. The van der Waals surface area contributed by atoms with E-state index >= 15 is 0 Å². The van der Waals surface area contributed by atoms with Crippen LogP contribution in [0, 0.1) is 16.7 Å². The largest absolute Gasteiger partial charge is 0.355 e. The van der Waals surface area contributed by atoms with Gasteiger partial charge in [-0.3, -0.25) is 4.79 Å². The third-order valence-corrected chi connectivity index (χ3v) is 5.23. The molecule has 0 bridgehead atoms. The molecule has 0 spiro atoms. The third-order valence-electron chi connectivity index (χ3n) is 5.23. The first-order chi connectivity index (χ1) is 8.50. The predicted octanol–water partition coefficient (Wildman–Crippen LogP) is 2.32. The van der Waals surface area contributed by atoms with Crippen molar-refractivity contribution in [2.45, 2.75) is 52.9 Å².